The molecule has 1 saturated carbocycles. The number of halogens is 4. The number of hydrogen-bond acceptors (Lipinski definition) is 6. The van der Waals surface area contributed by atoms with Crippen LogP contribution >= 0.6 is 11.6 Å². The second kappa shape index (κ2) is 13.8. The lowest BCUT2D eigenvalue weighted by molar-refractivity contribution is -0.274. The Balaban J connectivity index is 1.98. The van der Waals surface area contributed by atoms with Crippen LogP contribution in [-0.4, -0.2) is 42.5 Å². The number of phenolic OH excluding ortho intramolecular Hbond substituents is 1. The molecule has 1 aliphatic carbocycles. The van der Waals surface area contributed by atoms with Gasteiger partial charge in [0, 0.05) is 43.9 Å². The molecule has 0 heterocycles. The van der Waals surface area contributed by atoms with Gasteiger partial charge in [0.05, 0.1) is 0 Å². The first-order chi connectivity index (χ1) is 18.5. The van der Waals surface area contributed by atoms with E-state index in [2.05, 4.69) is 32.6 Å². The molecule has 0 amide bonds. The number of benzene rings is 2. The van der Waals surface area contributed by atoms with Gasteiger partial charge in [0.15, 0.2) is 0 Å². The molecule has 0 unspecified atom stereocenters. The molecule has 0 atom stereocenters. The molecule has 39 heavy (non-hydrogen) atoms. The average Bonchev–Trinajstić information content (AvgIpc) is 2.85. The number of nitrogens with one attached hydrogen (secondary N) is 2. The molecule has 2 aromatic carbocycles. The third-order valence-electron chi connectivity index (χ3n) is 6.90. The zero-order valence-corrected chi connectivity index (χ0v) is 23.3. The lowest BCUT2D eigenvalue weighted by Gasteiger charge is -2.34. The number of anilines is 1. The molecule has 0 saturated heterocycles. The number of phenols is 1. The van der Waals surface area contributed by atoms with Gasteiger partial charge in [0.1, 0.15) is 11.5 Å². The molecule has 1 aliphatic rings. The van der Waals surface area contributed by atoms with Gasteiger partial charge < -0.3 is 25.4 Å². The number of rotatable bonds is 11. The number of nitrogens with zero attached hydrogens (tertiary/aromatic N) is 3. The van der Waals surface area contributed by atoms with E-state index in [4.69, 9.17) is 17.3 Å². The minimum Gasteiger partial charge on any atom is -0.508 e. The molecule has 0 radical (unpaired) electrons. The van der Waals surface area contributed by atoms with Crippen LogP contribution in [-0.2, 0) is 13.1 Å². The Labute approximate surface area is 232 Å². The van der Waals surface area contributed by atoms with Crippen LogP contribution < -0.4 is 26.3 Å². The van der Waals surface area contributed by atoms with Crippen LogP contribution in [0.3, 0.4) is 0 Å². The topological polar surface area (TPSA) is 98.4 Å². The fourth-order valence-corrected chi connectivity index (χ4v) is 5.22. The average molecular weight is 571 g/mol. The van der Waals surface area contributed by atoms with Crippen molar-refractivity contribution in [2.45, 2.75) is 59.0 Å². The molecule has 3 rings (SSSR count). The third-order valence-corrected chi connectivity index (χ3v) is 7.12. The van der Waals surface area contributed by atoms with Crippen LogP contribution in [0, 0.1) is 11.8 Å². The number of hydrazone groups is 1. The lowest BCUT2D eigenvalue weighted by atomic mass is 9.82. The van der Waals surface area contributed by atoms with Crippen LogP contribution in [0.25, 0.3) is 0 Å². The first-order valence-corrected chi connectivity index (χ1v) is 13.5. The van der Waals surface area contributed by atoms with Crippen molar-refractivity contribution in [3.63, 3.8) is 0 Å². The fourth-order valence-electron chi connectivity index (χ4n) is 4.97. The maximum atomic E-state index is 13.1. The van der Waals surface area contributed by atoms with E-state index in [9.17, 15) is 18.3 Å². The second-order valence-corrected chi connectivity index (χ2v) is 10.4. The minimum atomic E-state index is -4.82. The summed E-state index contributed by atoms with van der Waals surface area (Å²) in [6.07, 6.45) is -0.209. The largest absolute Gasteiger partial charge is 0.573 e. The number of nitrogens with two attached hydrogens (primary N) is 1. The van der Waals surface area contributed by atoms with Crippen molar-refractivity contribution in [3.8, 4) is 11.5 Å². The molecule has 0 aliphatic heterocycles. The number of guanidine groups is 1. The standard InChI is InChI=1S/C27H38ClF3N6O2/c1-4-36(15-19-7-5-18(2)6-8-19)25-10-9-24(39-27(29,30)31)13-21(25)17-37(26(32)34-35-33-3)16-20-11-22(28)14-23(38)12-20/h9-14,18-19,33,35,38H,4-8,15-17H2,1-3H3,(H2,32,34). The summed E-state index contributed by atoms with van der Waals surface area (Å²) in [7, 11) is 1.62. The fraction of sp³-hybridized carbons (Fsp3) is 0.519. The molecular weight excluding hydrogens is 533 g/mol. The highest BCUT2D eigenvalue weighted by Crippen LogP contribution is 2.34. The van der Waals surface area contributed by atoms with Crippen molar-refractivity contribution in [1.29, 1.82) is 0 Å². The smallest absolute Gasteiger partial charge is 0.508 e. The lowest BCUT2D eigenvalue weighted by Crippen LogP contribution is -2.40. The molecule has 216 valence electrons. The Morgan fingerprint density at radius 2 is 1.87 bits per heavy atom. The van der Waals surface area contributed by atoms with Gasteiger partial charge in [-0.25, -0.2) is 11.0 Å². The van der Waals surface area contributed by atoms with E-state index in [1.54, 1.807) is 30.1 Å². The van der Waals surface area contributed by atoms with E-state index in [1.165, 1.54) is 31.0 Å². The summed E-state index contributed by atoms with van der Waals surface area (Å²) < 4.78 is 43.6. The highest BCUT2D eigenvalue weighted by Gasteiger charge is 2.32. The Morgan fingerprint density at radius 1 is 1.15 bits per heavy atom. The Hall–Kier alpha value is -3.05. The Bertz CT molecular complexity index is 1090. The van der Waals surface area contributed by atoms with Crippen molar-refractivity contribution < 1.29 is 23.0 Å². The SMILES string of the molecule is CCN(CC1CCC(C)CC1)c1ccc(OC(F)(F)F)cc1CN(Cc1cc(O)cc(Cl)c1)/C(N)=N/NNC. The molecule has 8 nitrogen and oxygen atoms in total. The molecule has 0 aromatic heterocycles. The predicted octanol–water partition coefficient (Wildman–Crippen LogP) is 5.55. The van der Waals surface area contributed by atoms with Gasteiger partial charge in [0.2, 0.25) is 5.96 Å². The van der Waals surface area contributed by atoms with Crippen LogP contribution in [0.15, 0.2) is 41.5 Å². The summed E-state index contributed by atoms with van der Waals surface area (Å²) in [4.78, 5) is 3.89. The normalized spacial score (nSPS) is 18.1. The van der Waals surface area contributed by atoms with E-state index < -0.39 is 6.36 Å². The van der Waals surface area contributed by atoms with Gasteiger partial charge in [0.25, 0.3) is 0 Å². The van der Waals surface area contributed by atoms with Gasteiger partial charge in [-0.15, -0.1) is 18.3 Å². The number of alkyl halides is 3. The molecule has 0 bridgehead atoms. The van der Waals surface area contributed by atoms with Gasteiger partial charge >= 0.3 is 6.36 Å². The summed E-state index contributed by atoms with van der Waals surface area (Å²) >= 11 is 6.13. The van der Waals surface area contributed by atoms with E-state index in [1.807, 2.05) is 6.92 Å². The molecular formula is C27H38ClF3N6O2. The third kappa shape index (κ3) is 9.58. The highest BCUT2D eigenvalue weighted by atomic mass is 35.5. The van der Waals surface area contributed by atoms with E-state index >= 15 is 0 Å². The minimum absolute atomic E-state index is 0.0125. The van der Waals surface area contributed by atoms with Crippen molar-refractivity contribution in [1.82, 2.24) is 15.9 Å². The van der Waals surface area contributed by atoms with Gasteiger partial charge in [-0.1, -0.05) is 31.4 Å². The van der Waals surface area contributed by atoms with Gasteiger partial charge in [-0.3, -0.25) is 0 Å². The van der Waals surface area contributed by atoms with Gasteiger partial charge in [-0.2, -0.15) is 0 Å². The summed E-state index contributed by atoms with van der Waals surface area (Å²) in [5.74, 6) is 0.992. The maximum Gasteiger partial charge on any atom is 0.573 e. The zero-order chi connectivity index (χ0) is 28.6. The molecule has 0 spiro atoms. The molecule has 1 fully saturated rings. The summed E-state index contributed by atoms with van der Waals surface area (Å²) in [5.41, 5.74) is 13.6. The van der Waals surface area contributed by atoms with Crippen molar-refractivity contribution in [2.75, 3.05) is 25.0 Å². The quantitative estimate of drug-likeness (QED) is 0.160. The summed E-state index contributed by atoms with van der Waals surface area (Å²) in [6, 6.07) is 9.06. The first kappa shape index (κ1) is 30.5. The van der Waals surface area contributed by atoms with Crippen molar-refractivity contribution in [3.05, 3.63) is 52.5 Å². The predicted molar refractivity (Wildman–Crippen MR) is 148 cm³/mol. The Morgan fingerprint density at radius 3 is 2.49 bits per heavy atom. The van der Waals surface area contributed by atoms with Crippen LogP contribution in [0.2, 0.25) is 5.02 Å². The summed E-state index contributed by atoms with van der Waals surface area (Å²) in [6.45, 7) is 6.11. The Kier molecular flexibility index (Phi) is 10.8. The second-order valence-electron chi connectivity index (χ2n) is 10.0. The highest BCUT2D eigenvalue weighted by molar-refractivity contribution is 6.30. The first-order valence-electron chi connectivity index (χ1n) is 13.1. The monoisotopic (exact) mass is 570 g/mol. The number of ether oxygens (including phenoxy) is 1. The van der Waals surface area contributed by atoms with Gasteiger partial charge in [-0.05, 0) is 79.1 Å². The summed E-state index contributed by atoms with van der Waals surface area (Å²) in [5, 5.41) is 14.5. The molecule has 12 heteroatoms. The van der Waals surface area contributed by atoms with Crippen LogP contribution in [0.5, 0.6) is 11.5 Å². The number of hydrazine groups is 1. The van der Waals surface area contributed by atoms with Crippen LogP contribution in [0.1, 0.15) is 50.7 Å². The number of aromatic hydroxyl groups is 1. The van der Waals surface area contributed by atoms with Crippen molar-refractivity contribution in [2.24, 2.45) is 22.7 Å². The molecule has 2 aromatic rings. The zero-order valence-electron chi connectivity index (χ0n) is 22.6. The van der Waals surface area contributed by atoms with E-state index in [-0.39, 0.29) is 30.5 Å². The van der Waals surface area contributed by atoms with Crippen LogP contribution in [0.4, 0.5) is 18.9 Å². The van der Waals surface area contributed by atoms with E-state index in [0.717, 1.165) is 31.0 Å². The number of hydrogen-bond donors (Lipinski definition) is 4. The molecule has 5 N–H and O–H groups in total. The van der Waals surface area contributed by atoms with E-state index in [0.29, 0.717) is 28.6 Å². The van der Waals surface area contributed by atoms with Crippen molar-refractivity contribution >= 4 is 23.2 Å². The maximum absolute atomic E-state index is 13.1.